The maximum atomic E-state index is 11.9. The number of rotatable bonds is 4. The second-order valence-corrected chi connectivity index (χ2v) is 7.47. The Morgan fingerprint density at radius 3 is 2.40 bits per heavy atom. The molecule has 0 aromatic heterocycles. The van der Waals surface area contributed by atoms with Crippen molar-refractivity contribution in [3.8, 4) is 0 Å². The standard InChI is InChI=1S/C11H18N2OS.C6H14N2.C2H6/c12-9-6-13(7-10(9)15)11(14)5-8-3-1-2-4-8;1-7-5-6-3-2-4-8-6;1-2/h8,15H,1-7,12H2;6-8H,2-5H2,1H3;1-2H3. The highest BCUT2D eigenvalue weighted by molar-refractivity contribution is 7.84. The third-order valence-electron chi connectivity index (χ3n) is 4.98. The molecule has 1 saturated heterocycles. The van der Waals surface area contributed by atoms with Crippen molar-refractivity contribution in [3.05, 3.63) is 10.6 Å². The molecule has 1 saturated carbocycles. The molecule has 3 aliphatic rings. The van der Waals surface area contributed by atoms with Crippen LogP contribution >= 0.6 is 12.6 Å². The molecule has 1 atom stereocenters. The minimum Gasteiger partial charge on any atom is -0.400 e. The monoisotopic (exact) mass is 370 g/mol. The highest BCUT2D eigenvalue weighted by Gasteiger charge is 2.26. The van der Waals surface area contributed by atoms with Crippen LogP contribution in [0.3, 0.4) is 0 Å². The van der Waals surface area contributed by atoms with Crippen LogP contribution in [0.15, 0.2) is 10.6 Å². The van der Waals surface area contributed by atoms with Gasteiger partial charge in [-0.25, -0.2) is 0 Å². The van der Waals surface area contributed by atoms with Gasteiger partial charge in [0.25, 0.3) is 0 Å². The highest BCUT2D eigenvalue weighted by Crippen LogP contribution is 2.29. The minimum absolute atomic E-state index is 0.244. The summed E-state index contributed by atoms with van der Waals surface area (Å²) in [5.41, 5.74) is 6.47. The van der Waals surface area contributed by atoms with Crippen molar-refractivity contribution in [2.24, 2.45) is 11.7 Å². The van der Waals surface area contributed by atoms with E-state index in [-0.39, 0.29) is 5.91 Å². The molecular weight excluding hydrogens is 332 g/mol. The Bertz CT molecular complexity index is 402. The average Bonchev–Trinajstić information content (AvgIpc) is 3.35. The fourth-order valence-corrected chi connectivity index (χ4v) is 3.82. The van der Waals surface area contributed by atoms with E-state index < -0.39 is 0 Å². The third kappa shape index (κ3) is 8.01. The summed E-state index contributed by atoms with van der Waals surface area (Å²) >= 11 is 4.25. The third-order valence-corrected chi connectivity index (χ3v) is 5.40. The number of nitrogens with zero attached hydrogens (tertiary/aromatic N) is 1. The summed E-state index contributed by atoms with van der Waals surface area (Å²) in [4.78, 5) is 14.6. The van der Waals surface area contributed by atoms with Gasteiger partial charge < -0.3 is 21.3 Å². The van der Waals surface area contributed by atoms with Crippen molar-refractivity contribution in [2.45, 2.75) is 64.8 Å². The number of carbonyl (C=O) groups is 1. The number of likely N-dealkylation sites (N-methyl/N-ethyl adjacent to an activating group) is 1. The SMILES string of the molecule is CC.CNCC1CCCN1.NC1=C(S)CN(C(=O)CC2CCCC2)C1. The van der Waals surface area contributed by atoms with Crippen molar-refractivity contribution in [1.82, 2.24) is 15.5 Å². The molecule has 3 rings (SSSR count). The van der Waals surface area contributed by atoms with Crippen molar-refractivity contribution in [3.63, 3.8) is 0 Å². The van der Waals surface area contributed by atoms with Crippen LogP contribution in [0.5, 0.6) is 0 Å². The van der Waals surface area contributed by atoms with Gasteiger partial charge in [-0.15, -0.1) is 12.6 Å². The molecule has 2 fully saturated rings. The number of thiol groups is 1. The van der Waals surface area contributed by atoms with Gasteiger partial charge in [0.05, 0.1) is 13.1 Å². The lowest BCUT2D eigenvalue weighted by Gasteiger charge is -2.18. The molecule has 1 unspecified atom stereocenters. The number of nitrogens with one attached hydrogen (secondary N) is 2. The molecule has 0 aromatic rings. The van der Waals surface area contributed by atoms with Crippen LogP contribution < -0.4 is 16.4 Å². The molecule has 0 radical (unpaired) electrons. The fraction of sp³-hybridized carbons (Fsp3) is 0.842. The molecule has 1 aliphatic carbocycles. The number of hydrogen-bond acceptors (Lipinski definition) is 5. The molecule has 2 heterocycles. The van der Waals surface area contributed by atoms with Gasteiger partial charge in [0, 0.05) is 29.6 Å². The first-order chi connectivity index (χ1) is 12.1. The fourth-order valence-electron chi connectivity index (χ4n) is 3.58. The first-order valence-corrected chi connectivity index (χ1v) is 10.4. The Labute approximate surface area is 159 Å². The quantitative estimate of drug-likeness (QED) is 0.574. The molecule has 0 spiro atoms. The molecule has 0 aromatic carbocycles. The van der Waals surface area contributed by atoms with Gasteiger partial charge in [-0.2, -0.15) is 0 Å². The Morgan fingerprint density at radius 1 is 1.24 bits per heavy atom. The van der Waals surface area contributed by atoms with Crippen LogP contribution in [0.2, 0.25) is 0 Å². The zero-order valence-corrected chi connectivity index (χ0v) is 17.2. The van der Waals surface area contributed by atoms with Crippen molar-refractivity contribution in [1.29, 1.82) is 0 Å². The summed E-state index contributed by atoms with van der Waals surface area (Å²) in [5.74, 6) is 0.858. The predicted octanol–water partition coefficient (Wildman–Crippen LogP) is 2.49. The highest BCUT2D eigenvalue weighted by atomic mass is 32.1. The molecule has 1 amide bonds. The maximum Gasteiger partial charge on any atom is 0.223 e. The van der Waals surface area contributed by atoms with E-state index in [2.05, 4.69) is 23.3 Å². The van der Waals surface area contributed by atoms with Gasteiger partial charge in [-0.1, -0.05) is 26.7 Å². The molecule has 146 valence electrons. The summed E-state index contributed by atoms with van der Waals surface area (Å²) < 4.78 is 0. The second kappa shape index (κ2) is 12.6. The summed E-state index contributed by atoms with van der Waals surface area (Å²) in [5, 5.41) is 6.54. The predicted molar refractivity (Wildman–Crippen MR) is 110 cm³/mol. The van der Waals surface area contributed by atoms with Crippen LogP contribution in [0.1, 0.15) is 58.8 Å². The number of carbonyl (C=O) groups excluding carboxylic acids is 1. The smallest absolute Gasteiger partial charge is 0.223 e. The van der Waals surface area contributed by atoms with Crippen LogP contribution in [0.4, 0.5) is 0 Å². The number of nitrogens with two attached hydrogens (primary N) is 1. The Morgan fingerprint density at radius 2 is 1.92 bits per heavy atom. The van der Waals surface area contributed by atoms with Crippen LogP contribution in [-0.4, -0.2) is 50.1 Å². The van der Waals surface area contributed by atoms with Gasteiger partial charge in [0.2, 0.25) is 5.91 Å². The summed E-state index contributed by atoms with van der Waals surface area (Å²) in [6.07, 6.45) is 8.42. The molecule has 6 heteroatoms. The molecule has 4 N–H and O–H groups in total. The summed E-state index contributed by atoms with van der Waals surface area (Å²) in [6.45, 7) is 7.53. The molecule has 25 heavy (non-hydrogen) atoms. The van der Waals surface area contributed by atoms with Crippen molar-refractivity contribution < 1.29 is 4.79 Å². The summed E-state index contributed by atoms with van der Waals surface area (Å²) in [6, 6.07) is 0.750. The van der Waals surface area contributed by atoms with E-state index in [1.54, 1.807) is 0 Å². The Hall–Kier alpha value is -0.720. The summed E-state index contributed by atoms with van der Waals surface area (Å²) in [7, 11) is 2.00. The first-order valence-electron chi connectivity index (χ1n) is 9.92. The lowest BCUT2D eigenvalue weighted by molar-refractivity contribution is -0.130. The molecule has 5 nitrogen and oxygen atoms in total. The van der Waals surface area contributed by atoms with Gasteiger partial charge in [-0.05, 0) is 45.2 Å². The van der Waals surface area contributed by atoms with E-state index in [0.717, 1.165) is 23.2 Å². The van der Waals surface area contributed by atoms with Gasteiger partial charge >= 0.3 is 0 Å². The zero-order chi connectivity index (χ0) is 18.7. The van der Waals surface area contributed by atoms with Crippen molar-refractivity contribution >= 4 is 18.5 Å². The lowest BCUT2D eigenvalue weighted by Crippen LogP contribution is -2.31. The van der Waals surface area contributed by atoms with E-state index in [1.807, 2.05) is 25.8 Å². The van der Waals surface area contributed by atoms with E-state index in [0.29, 0.717) is 25.4 Å². The number of hydrogen-bond donors (Lipinski definition) is 4. The molecule has 2 aliphatic heterocycles. The molecular formula is C19H38N4OS. The largest absolute Gasteiger partial charge is 0.400 e. The van der Waals surface area contributed by atoms with Crippen molar-refractivity contribution in [2.75, 3.05) is 33.2 Å². The second-order valence-electron chi connectivity index (χ2n) is 6.93. The van der Waals surface area contributed by atoms with E-state index in [9.17, 15) is 4.79 Å². The average molecular weight is 371 g/mol. The van der Waals surface area contributed by atoms with E-state index in [4.69, 9.17) is 5.73 Å². The topological polar surface area (TPSA) is 70.4 Å². The molecule has 0 bridgehead atoms. The zero-order valence-electron chi connectivity index (χ0n) is 16.3. The van der Waals surface area contributed by atoms with Crippen LogP contribution in [0, 0.1) is 5.92 Å². The lowest BCUT2D eigenvalue weighted by atomic mass is 10.0. The minimum atomic E-state index is 0.244. The Balaban J connectivity index is 0.000000264. The first kappa shape index (κ1) is 22.3. The van der Waals surface area contributed by atoms with E-state index >= 15 is 0 Å². The van der Waals surface area contributed by atoms with Gasteiger partial charge in [-0.3, -0.25) is 4.79 Å². The Kier molecular flexibility index (Phi) is 11.3. The maximum absolute atomic E-state index is 11.9. The van der Waals surface area contributed by atoms with Crippen LogP contribution in [-0.2, 0) is 4.79 Å². The number of amides is 1. The van der Waals surface area contributed by atoms with Gasteiger partial charge in [0.1, 0.15) is 0 Å². The normalized spacial score (nSPS) is 23.2. The van der Waals surface area contributed by atoms with Gasteiger partial charge in [0.15, 0.2) is 0 Å². The van der Waals surface area contributed by atoms with Crippen LogP contribution in [0.25, 0.3) is 0 Å². The van der Waals surface area contributed by atoms with E-state index in [1.165, 1.54) is 45.1 Å².